The monoisotopic (exact) mass is 643 g/mol. The maximum Gasteiger partial charge on any atom is 0.271 e. The summed E-state index contributed by atoms with van der Waals surface area (Å²) in [4.78, 5) is 74.7. The van der Waals surface area contributed by atoms with Crippen LogP contribution < -0.4 is 26.8 Å². The summed E-state index contributed by atoms with van der Waals surface area (Å²) in [7, 11) is 1.60. The number of benzene rings is 2. The quantitative estimate of drug-likeness (QED) is 0.260. The maximum absolute atomic E-state index is 13.7. The van der Waals surface area contributed by atoms with Crippen molar-refractivity contribution in [3.05, 3.63) is 92.4 Å². The second-order valence-electron chi connectivity index (χ2n) is 11.7. The fourth-order valence-corrected chi connectivity index (χ4v) is 6.28. The highest BCUT2D eigenvalue weighted by atomic mass is 32.1. The Bertz CT molecular complexity index is 1800. The fraction of sp³-hybridized carbons (Fsp3) is 0.364. The number of thiazole rings is 1. The minimum atomic E-state index is -0.891. The maximum atomic E-state index is 13.7. The minimum absolute atomic E-state index is 0.0768. The third-order valence-corrected chi connectivity index (χ3v) is 8.84. The van der Waals surface area contributed by atoms with E-state index < -0.39 is 29.9 Å². The zero-order chi connectivity index (χ0) is 32.8. The number of aromatic nitrogens is 3. The molecule has 0 saturated carbocycles. The molecule has 3 atom stereocenters. The topological polar surface area (TPSA) is 164 Å². The number of fused-ring (bicyclic) bond motifs is 3. The van der Waals surface area contributed by atoms with Gasteiger partial charge in [0.1, 0.15) is 22.8 Å². The van der Waals surface area contributed by atoms with Crippen LogP contribution in [0.15, 0.2) is 65.0 Å². The van der Waals surface area contributed by atoms with Crippen LogP contribution in [0.3, 0.4) is 0 Å². The highest BCUT2D eigenvalue weighted by Gasteiger charge is 2.29. The number of aryl methyl sites for hydroxylation is 1. The average Bonchev–Trinajstić information content (AvgIpc) is 3.54. The van der Waals surface area contributed by atoms with Crippen molar-refractivity contribution in [2.75, 3.05) is 6.54 Å². The van der Waals surface area contributed by atoms with Gasteiger partial charge >= 0.3 is 0 Å². The molecule has 1 aliphatic heterocycles. The van der Waals surface area contributed by atoms with Crippen LogP contribution in [-0.4, -0.2) is 56.8 Å². The molecule has 1 aliphatic rings. The lowest BCUT2D eigenvalue weighted by molar-refractivity contribution is -0.124. The van der Waals surface area contributed by atoms with E-state index >= 15 is 0 Å². The van der Waals surface area contributed by atoms with Crippen LogP contribution in [0.1, 0.15) is 70.6 Å². The van der Waals surface area contributed by atoms with E-state index in [-0.39, 0.29) is 34.5 Å². The average molecular weight is 644 g/mol. The van der Waals surface area contributed by atoms with Crippen molar-refractivity contribution in [3.63, 3.8) is 0 Å². The first-order chi connectivity index (χ1) is 22.1. The molecule has 240 valence electrons. The molecule has 4 amide bonds. The first kappa shape index (κ1) is 32.5. The normalized spacial score (nSPS) is 19.7. The molecule has 13 heteroatoms. The van der Waals surface area contributed by atoms with Crippen LogP contribution in [0.4, 0.5) is 0 Å². The fourth-order valence-electron chi connectivity index (χ4n) is 5.26. The predicted molar refractivity (Wildman–Crippen MR) is 174 cm³/mol. The summed E-state index contributed by atoms with van der Waals surface area (Å²) in [5, 5.41) is 14.2. The van der Waals surface area contributed by atoms with Gasteiger partial charge in [0.25, 0.3) is 17.4 Å². The summed E-state index contributed by atoms with van der Waals surface area (Å²) in [6.45, 7) is 4.19. The van der Waals surface area contributed by atoms with E-state index in [1.807, 2.05) is 44.2 Å². The summed E-state index contributed by atoms with van der Waals surface area (Å²) < 4.78 is 1.36. The molecule has 0 spiro atoms. The van der Waals surface area contributed by atoms with Gasteiger partial charge in [-0.15, -0.1) is 11.3 Å². The predicted octanol–water partition coefficient (Wildman–Crippen LogP) is 2.64. The van der Waals surface area contributed by atoms with Gasteiger partial charge in [-0.3, -0.25) is 24.0 Å². The lowest BCUT2D eigenvalue weighted by Gasteiger charge is -2.25. The Kier molecular flexibility index (Phi) is 10.2. The molecule has 4 N–H and O–H groups in total. The Morgan fingerprint density at radius 1 is 1.04 bits per heavy atom. The Morgan fingerprint density at radius 2 is 1.83 bits per heavy atom. The van der Waals surface area contributed by atoms with Crippen LogP contribution in [0, 0.1) is 5.92 Å². The second kappa shape index (κ2) is 14.5. The zero-order valence-electron chi connectivity index (χ0n) is 25.9. The molecule has 2 aromatic heterocycles. The van der Waals surface area contributed by atoms with Crippen molar-refractivity contribution in [3.8, 4) is 0 Å². The van der Waals surface area contributed by atoms with Crippen LogP contribution in [-0.2, 0) is 23.1 Å². The molecule has 0 saturated heterocycles. The number of rotatable bonds is 5. The number of amides is 4. The highest BCUT2D eigenvalue weighted by molar-refractivity contribution is 7.09. The van der Waals surface area contributed by atoms with Gasteiger partial charge in [0.05, 0.1) is 23.3 Å². The summed E-state index contributed by atoms with van der Waals surface area (Å²) in [5.41, 5.74) is 1.48. The molecule has 0 aliphatic carbocycles. The van der Waals surface area contributed by atoms with Crippen LogP contribution >= 0.6 is 11.3 Å². The van der Waals surface area contributed by atoms with E-state index in [2.05, 4.69) is 31.2 Å². The molecule has 12 nitrogen and oxygen atoms in total. The lowest BCUT2D eigenvalue weighted by atomic mass is 10.0. The molecule has 46 heavy (non-hydrogen) atoms. The lowest BCUT2D eigenvalue weighted by Crippen LogP contribution is -2.49. The van der Waals surface area contributed by atoms with E-state index in [0.29, 0.717) is 48.1 Å². The molecule has 3 heterocycles. The standard InChI is InChI=1S/C33H37N7O5S/c1-19(2)27-32-38-26(17-46-32)31(44)37-25(15-20-9-5-4-6-10-20)29(42)34-14-8-7-11-23(30(43)39-27)36-28(41)21-12-13-22-24(16-21)35-18-40(3)33(22)45/h4-6,9-10,12-13,16-19,23,25,27H,7-8,11,14-15H2,1-3H3,(H,34,42)(H,36,41)(H,37,44)(H,39,43)/t23-,25+,27+/m0/s1. The van der Waals surface area contributed by atoms with Crippen molar-refractivity contribution in [1.29, 1.82) is 0 Å². The van der Waals surface area contributed by atoms with Gasteiger partial charge in [-0.1, -0.05) is 44.2 Å². The zero-order valence-corrected chi connectivity index (χ0v) is 26.7. The van der Waals surface area contributed by atoms with Crippen molar-refractivity contribution in [2.24, 2.45) is 13.0 Å². The number of carbonyl (C=O) groups excluding carboxylic acids is 4. The molecular formula is C33H37N7O5S. The molecule has 0 unspecified atom stereocenters. The van der Waals surface area contributed by atoms with Crippen LogP contribution in [0.25, 0.3) is 10.9 Å². The molecule has 0 fully saturated rings. The summed E-state index contributed by atoms with van der Waals surface area (Å²) in [5.74, 6) is -1.74. The van der Waals surface area contributed by atoms with Crippen molar-refractivity contribution in [1.82, 2.24) is 35.8 Å². The molecular weight excluding hydrogens is 606 g/mol. The first-order valence-corrected chi connectivity index (χ1v) is 16.1. The first-order valence-electron chi connectivity index (χ1n) is 15.2. The van der Waals surface area contributed by atoms with Gasteiger partial charge in [0.15, 0.2) is 0 Å². The van der Waals surface area contributed by atoms with Crippen molar-refractivity contribution < 1.29 is 19.2 Å². The van der Waals surface area contributed by atoms with Crippen molar-refractivity contribution in [2.45, 2.75) is 57.7 Å². The van der Waals surface area contributed by atoms with Crippen LogP contribution in [0.5, 0.6) is 0 Å². The van der Waals surface area contributed by atoms with Gasteiger partial charge in [-0.25, -0.2) is 9.97 Å². The van der Waals surface area contributed by atoms with Crippen molar-refractivity contribution >= 4 is 45.9 Å². The second-order valence-corrected chi connectivity index (χ2v) is 12.6. The summed E-state index contributed by atoms with van der Waals surface area (Å²) in [6, 6.07) is 11.9. The molecule has 4 aromatic rings. The molecule has 2 bridgehead atoms. The van der Waals surface area contributed by atoms with Gasteiger partial charge < -0.3 is 25.8 Å². The Balaban J connectivity index is 1.38. The van der Waals surface area contributed by atoms with Gasteiger partial charge in [0, 0.05) is 31.0 Å². The molecule has 2 aromatic carbocycles. The number of nitrogens with one attached hydrogen (secondary N) is 4. The third kappa shape index (κ3) is 7.65. The Labute approximate surface area is 270 Å². The van der Waals surface area contributed by atoms with Gasteiger partial charge in [0.2, 0.25) is 11.8 Å². The smallest absolute Gasteiger partial charge is 0.271 e. The van der Waals surface area contributed by atoms with Crippen LogP contribution in [0.2, 0.25) is 0 Å². The van der Waals surface area contributed by atoms with E-state index in [4.69, 9.17) is 0 Å². The summed E-state index contributed by atoms with van der Waals surface area (Å²) >= 11 is 1.24. The number of carbonyl (C=O) groups is 4. The van der Waals surface area contributed by atoms with Gasteiger partial charge in [-0.2, -0.15) is 0 Å². The van der Waals surface area contributed by atoms with E-state index in [1.165, 1.54) is 34.4 Å². The number of nitrogens with zero attached hydrogens (tertiary/aromatic N) is 3. The summed E-state index contributed by atoms with van der Waals surface area (Å²) in [6.07, 6.45) is 3.09. The SMILES string of the molecule is CC(C)[C@H]1NC(=O)[C@@H](NC(=O)c2ccc3c(=O)n(C)cnc3c2)CCCCNC(=O)[C@@H](Cc2ccccc2)NC(=O)c2csc1n2. The molecule has 5 rings (SSSR count). The minimum Gasteiger partial charge on any atom is -0.354 e. The van der Waals surface area contributed by atoms with Gasteiger partial charge in [-0.05, 0) is 48.9 Å². The number of hydrogen-bond donors (Lipinski definition) is 4. The largest absolute Gasteiger partial charge is 0.354 e. The number of hydrogen-bond acceptors (Lipinski definition) is 8. The molecule has 0 radical (unpaired) electrons. The van der Waals surface area contributed by atoms with E-state index in [9.17, 15) is 24.0 Å². The van der Waals surface area contributed by atoms with E-state index in [0.717, 1.165) is 5.56 Å². The highest BCUT2D eigenvalue weighted by Crippen LogP contribution is 2.26. The third-order valence-electron chi connectivity index (χ3n) is 7.91. The Morgan fingerprint density at radius 3 is 2.59 bits per heavy atom. The van der Waals surface area contributed by atoms with E-state index in [1.54, 1.807) is 18.5 Å². The Hall–Kier alpha value is -4.91.